The Hall–Kier alpha value is -3.09. The molecule has 6 nitrogen and oxygen atoms in total. The van der Waals surface area contributed by atoms with Crippen LogP contribution < -0.4 is 14.8 Å². The van der Waals surface area contributed by atoms with Crippen LogP contribution in [0.3, 0.4) is 0 Å². The molecule has 2 aromatic rings. The summed E-state index contributed by atoms with van der Waals surface area (Å²) in [4.78, 5) is 25.6. The second kappa shape index (κ2) is 7.86. The lowest BCUT2D eigenvalue weighted by atomic mass is 10.2. The van der Waals surface area contributed by atoms with Gasteiger partial charge in [0.15, 0.2) is 17.6 Å². The van der Waals surface area contributed by atoms with Crippen molar-refractivity contribution >= 4 is 11.8 Å². The second-order valence-corrected chi connectivity index (χ2v) is 5.96. The summed E-state index contributed by atoms with van der Waals surface area (Å²) in [5, 5.41) is 2.53. The molecule has 0 unspecified atom stereocenters. The van der Waals surface area contributed by atoms with Crippen molar-refractivity contribution in [3.63, 3.8) is 0 Å². The Morgan fingerprint density at radius 3 is 2.58 bits per heavy atom. The number of nitrogens with zero attached hydrogens (tertiary/aromatic N) is 1. The number of hydrogen-bond acceptors (Lipinski definition) is 4. The molecule has 2 aromatic carbocycles. The fourth-order valence-electron chi connectivity index (χ4n) is 2.55. The van der Waals surface area contributed by atoms with E-state index in [2.05, 4.69) is 5.32 Å². The van der Waals surface area contributed by atoms with Crippen molar-refractivity contribution in [2.24, 2.45) is 0 Å². The summed E-state index contributed by atoms with van der Waals surface area (Å²) in [5.74, 6) is 0.216. The molecule has 1 atom stereocenters. The Morgan fingerprint density at radius 2 is 1.85 bits per heavy atom. The molecule has 0 bridgehead atoms. The first-order valence-corrected chi connectivity index (χ1v) is 8.19. The summed E-state index contributed by atoms with van der Waals surface area (Å²) in [7, 11) is 1.64. The molecule has 0 radical (unpaired) electrons. The number of carbonyl (C=O) groups excluding carboxylic acids is 2. The quantitative estimate of drug-likeness (QED) is 0.886. The van der Waals surface area contributed by atoms with Crippen LogP contribution in [-0.2, 0) is 4.79 Å². The van der Waals surface area contributed by atoms with Gasteiger partial charge in [-0.15, -0.1) is 0 Å². The number of para-hydroxylation sites is 2. The number of nitrogens with one attached hydrogen (secondary N) is 1. The number of rotatable bonds is 5. The smallest absolute Gasteiger partial charge is 0.251 e. The van der Waals surface area contributed by atoms with E-state index in [0.29, 0.717) is 30.2 Å². The molecule has 1 heterocycles. The van der Waals surface area contributed by atoms with Crippen molar-refractivity contribution in [2.75, 3.05) is 26.7 Å². The third-order valence-electron chi connectivity index (χ3n) is 3.98. The molecular formula is C19H19FN2O4. The predicted molar refractivity (Wildman–Crippen MR) is 92.7 cm³/mol. The van der Waals surface area contributed by atoms with E-state index in [-0.39, 0.29) is 18.6 Å². The van der Waals surface area contributed by atoms with Gasteiger partial charge in [0.05, 0.1) is 13.1 Å². The molecule has 1 aliphatic heterocycles. The van der Waals surface area contributed by atoms with Crippen LogP contribution in [0.2, 0.25) is 0 Å². The molecule has 0 saturated heterocycles. The van der Waals surface area contributed by atoms with Crippen LogP contribution in [0.4, 0.5) is 4.39 Å². The van der Waals surface area contributed by atoms with Crippen molar-refractivity contribution < 1.29 is 23.5 Å². The highest BCUT2D eigenvalue weighted by Crippen LogP contribution is 2.30. The lowest BCUT2D eigenvalue weighted by molar-refractivity contribution is -0.130. The zero-order valence-electron chi connectivity index (χ0n) is 14.3. The fraction of sp³-hybridized carbons (Fsp3) is 0.263. The van der Waals surface area contributed by atoms with Crippen molar-refractivity contribution in [3.8, 4) is 11.5 Å². The Bertz CT molecular complexity index is 794. The maximum absolute atomic E-state index is 12.9. The lowest BCUT2D eigenvalue weighted by Gasteiger charge is -2.29. The van der Waals surface area contributed by atoms with Crippen molar-refractivity contribution in [2.45, 2.75) is 6.10 Å². The minimum absolute atomic E-state index is 0.156. The van der Waals surface area contributed by atoms with E-state index < -0.39 is 11.7 Å². The zero-order chi connectivity index (χ0) is 18.5. The molecule has 2 amide bonds. The Kier molecular flexibility index (Phi) is 5.36. The van der Waals surface area contributed by atoms with E-state index in [1.807, 2.05) is 24.3 Å². The van der Waals surface area contributed by atoms with Gasteiger partial charge >= 0.3 is 0 Å². The Labute approximate surface area is 150 Å². The summed E-state index contributed by atoms with van der Waals surface area (Å²) in [6, 6.07) is 12.5. The average Bonchev–Trinajstić information content (AvgIpc) is 2.66. The third-order valence-corrected chi connectivity index (χ3v) is 3.98. The normalized spacial score (nSPS) is 15.2. The highest BCUT2D eigenvalue weighted by Gasteiger charge is 2.23. The number of carbonyl (C=O) groups is 2. The molecule has 1 aliphatic rings. The van der Waals surface area contributed by atoms with Gasteiger partial charge in [0.25, 0.3) is 5.91 Å². The Morgan fingerprint density at radius 1 is 1.15 bits per heavy atom. The minimum atomic E-state index is -0.432. The van der Waals surface area contributed by atoms with Crippen LogP contribution in [0.25, 0.3) is 0 Å². The van der Waals surface area contributed by atoms with Crippen molar-refractivity contribution in [1.29, 1.82) is 0 Å². The maximum atomic E-state index is 12.9. The SMILES string of the molecule is CN(C[C@H]1COc2ccccc2O1)C(=O)CNC(=O)c1ccc(F)cc1. The third kappa shape index (κ3) is 4.30. The van der Waals surface area contributed by atoms with Gasteiger partial charge in [0.2, 0.25) is 5.91 Å². The van der Waals surface area contributed by atoms with Gasteiger partial charge < -0.3 is 19.7 Å². The van der Waals surface area contributed by atoms with Gasteiger partial charge in [-0.3, -0.25) is 9.59 Å². The van der Waals surface area contributed by atoms with E-state index in [1.54, 1.807) is 7.05 Å². The second-order valence-electron chi connectivity index (χ2n) is 5.96. The van der Waals surface area contributed by atoms with Gasteiger partial charge in [0.1, 0.15) is 12.4 Å². The number of fused-ring (bicyclic) bond motifs is 1. The van der Waals surface area contributed by atoms with Crippen LogP contribution >= 0.6 is 0 Å². The zero-order valence-corrected chi connectivity index (χ0v) is 14.3. The number of hydrogen-bond donors (Lipinski definition) is 1. The number of likely N-dealkylation sites (N-methyl/N-ethyl adjacent to an activating group) is 1. The standard InChI is InChI=1S/C19H19FN2O4/c1-22(11-15-12-25-16-4-2-3-5-17(16)26-15)18(23)10-21-19(24)13-6-8-14(20)9-7-13/h2-9,15H,10-12H2,1H3,(H,21,24)/t15-/m0/s1. The first-order chi connectivity index (χ1) is 12.5. The fourth-order valence-corrected chi connectivity index (χ4v) is 2.55. The lowest BCUT2D eigenvalue weighted by Crippen LogP contribution is -2.45. The predicted octanol–water partition coefficient (Wildman–Crippen LogP) is 1.85. The van der Waals surface area contributed by atoms with Crippen LogP contribution in [0.15, 0.2) is 48.5 Å². The Balaban J connectivity index is 1.47. The van der Waals surface area contributed by atoms with Crippen LogP contribution in [0.5, 0.6) is 11.5 Å². The van der Waals surface area contributed by atoms with Crippen LogP contribution in [-0.4, -0.2) is 49.6 Å². The monoisotopic (exact) mass is 358 g/mol. The summed E-state index contributed by atoms with van der Waals surface area (Å²) < 4.78 is 24.3. The van der Waals surface area contributed by atoms with E-state index >= 15 is 0 Å². The molecule has 26 heavy (non-hydrogen) atoms. The number of halogens is 1. The topological polar surface area (TPSA) is 67.9 Å². The van der Waals surface area contributed by atoms with Gasteiger partial charge in [-0.2, -0.15) is 0 Å². The summed E-state index contributed by atoms with van der Waals surface area (Å²) in [6.07, 6.45) is -0.286. The first kappa shape index (κ1) is 17.7. The summed E-state index contributed by atoms with van der Waals surface area (Å²) in [5.41, 5.74) is 0.294. The molecule has 0 spiro atoms. The minimum Gasteiger partial charge on any atom is -0.486 e. The number of benzene rings is 2. The van der Waals surface area contributed by atoms with Crippen LogP contribution in [0, 0.1) is 5.82 Å². The largest absolute Gasteiger partial charge is 0.486 e. The van der Waals surface area contributed by atoms with Crippen LogP contribution in [0.1, 0.15) is 10.4 Å². The molecule has 0 fully saturated rings. The maximum Gasteiger partial charge on any atom is 0.251 e. The number of amides is 2. The highest BCUT2D eigenvalue weighted by atomic mass is 19.1. The van der Waals surface area contributed by atoms with Crippen molar-refractivity contribution in [1.82, 2.24) is 10.2 Å². The van der Waals surface area contributed by atoms with Crippen molar-refractivity contribution in [3.05, 3.63) is 59.9 Å². The van der Waals surface area contributed by atoms with Gasteiger partial charge in [-0.05, 0) is 36.4 Å². The molecule has 0 aromatic heterocycles. The van der Waals surface area contributed by atoms with E-state index in [1.165, 1.54) is 29.2 Å². The van der Waals surface area contributed by atoms with Gasteiger partial charge in [-0.25, -0.2) is 4.39 Å². The van der Waals surface area contributed by atoms with Gasteiger partial charge in [-0.1, -0.05) is 12.1 Å². The van der Waals surface area contributed by atoms with E-state index in [4.69, 9.17) is 9.47 Å². The molecule has 0 aliphatic carbocycles. The van der Waals surface area contributed by atoms with E-state index in [9.17, 15) is 14.0 Å². The molecule has 1 N–H and O–H groups in total. The first-order valence-electron chi connectivity index (χ1n) is 8.19. The average molecular weight is 358 g/mol. The molecule has 0 saturated carbocycles. The highest BCUT2D eigenvalue weighted by molar-refractivity contribution is 5.96. The number of ether oxygens (including phenoxy) is 2. The summed E-state index contributed by atoms with van der Waals surface area (Å²) in [6.45, 7) is 0.521. The summed E-state index contributed by atoms with van der Waals surface area (Å²) >= 11 is 0. The molecule has 3 rings (SSSR count). The van der Waals surface area contributed by atoms with Gasteiger partial charge in [0, 0.05) is 12.6 Å². The molecular weight excluding hydrogens is 339 g/mol. The van der Waals surface area contributed by atoms with E-state index in [0.717, 1.165) is 0 Å². The molecule has 136 valence electrons. The molecule has 7 heteroatoms.